The number of amides is 1. The summed E-state index contributed by atoms with van der Waals surface area (Å²) in [6.45, 7) is 4.12. The number of nitrogens with zero attached hydrogens (tertiary/aromatic N) is 1. The van der Waals surface area contributed by atoms with E-state index >= 15 is 0 Å². The molecule has 5 nitrogen and oxygen atoms in total. The second-order valence-electron chi connectivity index (χ2n) is 5.70. The number of rotatable bonds is 8. The number of hydrogen-bond acceptors (Lipinski definition) is 5. The summed E-state index contributed by atoms with van der Waals surface area (Å²) < 4.78 is 25.3. The molecule has 0 atom stereocenters. The molecule has 1 heterocycles. The number of aromatic nitrogens is 1. The first kappa shape index (κ1) is 20.1. The Kier molecular flexibility index (Phi) is 7.15. The molecule has 2 rings (SSSR count). The van der Waals surface area contributed by atoms with E-state index in [0.717, 1.165) is 34.3 Å². The molecule has 0 saturated carbocycles. The predicted octanol–water partition coefficient (Wildman–Crippen LogP) is 3.97. The molecule has 136 valence electrons. The first-order chi connectivity index (χ1) is 11.8. The average molecular weight is 445 g/mol. The SMILES string of the molecule is CCCc1nc(NC(=O)CS(=O)(=O)Cc2cccc(Br)c2)sc1CC. The van der Waals surface area contributed by atoms with Gasteiger partial charge in [-0.05, 0) is 30.5 Å². The number of sulfone groups is 1. The molecular weight excluding hydrogens is 424 g/mol. The number of halogens is 1. The van der Waals surface area contributed by atoms with Gasteiger partial charge in [-0.25, -0.2) is 13.4 Å². The van der Waals surface area contributed by atoms with E-state index in [0.29, 0.717) is 10.7 Å². The van der Waals surface area contributed by atoms with Gasteiger partial charge in [0.05, 0.1) is 11.4 Å². The second kappa shape index (κ2) is 8.91. The topological polar surface area (TPSA) is 76.1 Å². The van der Waals surface area contributed by atoms with Crippen molar-refractivity contribution in [3.8, 4) is 0 Å². The third-order valence-corrected chi connectivity index (χ3v) is 6.58. The molecule has 0 unspecified atom stereocenters. The highest BCUT2D eigenvalue weighted by Crippen LogP contribution is 2.24. The molecule has 0 bridgehead atoms. The maximum atomic E-state index is 12.2. The molecule has 1 N–H and O–H groups in total. The van der Waals surface area contributed by atoms with Gasteiger partial charge in [0.1, 0.15) is 5.75 Å². The normalized spacial score (nSPS) is 11.5. The van der Waals surface area contributed by atoms with Crippen LogP contribution in [0.15, 0.2) is 28.7 Å². The summed E-state index contributed by atoms with van der Waals surface area (Å²) in [7, 11) is -3.55. The Balaban J connectivity index is 2.01. The number of thiazole rings is 1. The van der Waals surface area contributed by atoms with Crippen LogP contribution in [-0.4, -0.2) is 25.1 Å². The molecule has 1 aromatic carbocycles. The van der Waals surface area contributed by atoms with Crippen LogP contribution in [-0.2, 0) is 33.2 Å². The average Bonchev–Trinajstić information content (AvgIpc) is 2.87. The van der Waals surface area contributed by atoms with Crippen LogP contribution in [0.5, 0.6) is 0 Å². The van der Waals surface area contributed by atoms with Crippen molar-refractivity contribution >= 4 is 48.1 Å². The monoisotopic (exact) mass is 444 g/mol. The lowest BCUT2D eigenvalue weighted by atomic mass is 10.2. The van der Waals surface area contributed by atoms with E-state index in [1.807, 2.05) is 13.0 Å². The molecule has 1 aromatic heterocycles. The van der Waals surface area contributed by atoms with E-state index in [2.05, 4.69) is 33.2 Å². The summed E-state index contributed by atoms with van der Waals surface area (Å²) in [4.78, 5) is 17.7. The van der Waals surface area contributed by atoms with Gasteiger partial charge in [0, 0.05) is 9.35 Å². The number of nitrogens with one attached hydrogen (secondary N) is 1. The van der Waals surface area contributed by atoms with Gasteiger partial charge in [-0.2, -0.15) is 0 Å². The number of aryl methyl sites for hydroxylation is 2. The Morgan fingerprint density at radius 2 is 2.08 bits per heavy atom. The minimum atomic E-state index is -3.55. The zero-order chi connectivity index (χ0) is 18.4. The summed E-state index contributed by atoms with van der Waals surface area (Å²) in [5.41, 5.74) is 1.64. The number of hydrogen-bond donors (Lipinski definition) is 1. The van der Waals surface area contributed by atoms with E-state index in [1.165, 1.54) is 11.3 Å². The number of carbonyl (C=O) groups excluding carboxylic acids is 1. The van der Waals surface area contributed by atoms with Gasteiger partial charge in [-0.3, -0.25) is 4.79 Å². The van der Waals surface area contributed by atoms with Crippen LogP contribution in [0.3, 0.4) is 0 Å². The Morgan fingerprint density at radius 1 is 1.32 bits per heavy atom. The van der Waals surface area contributed by atoms with E-state index in [1.54, 1.807) is 18.2 Å². The van der Waals surface area contributed by atoms with Gasteiger partial charge in [0.25, 0.3) is 0 Å². The molecule has 0 aliphatic carbocycles. The molecule has 25 heavy (non-hydrogen) atoms. The summed E-state index contributed by atoms with van der Waals surface area (Å²) in [6, 6.07) is 7.06. The Bertz CT molecular complexity index is 847. The molecule has 0 aliphatic rings. The van der Waals surface area contributed by atoms with E-state index in [-0.39, 0.29) is 5.75 Å². The van der Waals surface area contributed by atoms with E-state index in [4.69, 9.17) is 0 Å². The highest BCUT2D eigenvalue weighted by Gasteiger charge is 2.19. The molecule has 0 spiro atoms. The lowest BCUT2D eigenvalue weighted by Gasteiger charge is -2.05. The Hall–Kier alpha value is -1.25. The highest BCUT2D eigenvalue weighted by molar-refractivity contribution is 9.10. The molecule has 0 fully saturated rings. The lowest BCUT2D eigenvalue weighted by molar-refractivity contribution is -0.113. The first-order valence-electron chi connectivity index (χ1n) is 8.06. The fourth-order valence-electron chi connectivity index (χ4n) is 2.43. The van der Waals surface area contributed by atoms with Gasteiger partial charge >= 0.3 is 0 Å². The van der Waals surface area contributed by atoms with Crippen molar-refractivity contribution in [2.75, 3.05) is 11.1 Å². The van der Waals surface area contributed by atoms with Gasteiger partial charge in [0.2, 0.25) is 5.91 Å². The van der Waals surface area contributed by atoms with Crippen molar-refractivity contribution in [3.63, 3.8) is 0 Å². The van der Waals surface area contributed by atoms with Crippen molar-refractivity contribution in [1.82, 2.24) is 4.98 Å². The molecule has 1 amide bonds. The first-order valence-corrected chi connectivity index (χ1v) is 11.5. The summed E-state index contributed by atoms with van der Waals surface area (Å²) >= 11 is 4.73. The molecular formula is C17H21BrN2O3S2. The standard InChI is InChI=1S/C17H21BrN2O3S2/c1-3-6-14-15(4-2)24-17(19-14)20-16(21)11-25(22,23)10-12-7-5-8-13(18)9-12/h5,7-9H,3-4,6,10-11H2,1-2H3,(H,19,20,21). The Morgan fingerprint density at radius 3 is 2.72 bits per heavy atom. The molecule has 0 saturated heterocycles. The number of carbonyl (C=O) groups is 1. The van der Waals surface area contributed by atoms with Crippen LogP contribution < -0.4 is 5.32 Å². The minimum Gasteiger partial charge on any atom is -0.301 e. The van der Waals surface area contributed by atoms with Gasteiger partial charge < -0.3 is 5.32 Å². The third kappa shape index (κ3) is 6.20. The molecule has 8 heteroatoms. The zero-order valence-corrected chi connectivity index (χ0v) is 17.4. The van der Waals surface area contributed by atoms with E-state index < -0.39 is 21.5 Å². The zero-order valence-electron chi connectivity index (χ0n) is 14.2. The van der Waals surface area contributed by atoms with Gasteiger partial charge in [-0.15, -0.1) is 11.3 Å². The molecule has 0 radical (unpaired) electrons. The lowest BCUT2D eigenvalue weighted by Crippen LogP contribution is -2.23. The highest BCUT2D eigenvalue weighted by atomic mass is 79.9. The second-order valence-corrected chi connectivity index (χ2v) is 9.77. The van der Waals surface area contributed by atoms with Crippen molar-refractivity contribution in [2.24, 2.45) is 0 Å². The predicted molar refractivity (Wildman–Crippen MR) is 106 cm³/mol. The van der Waals surface area contributed by atoms with Crippen molar-refractivity contribution < 1.29 is 13.2 Å². The van der Waals surface area contributed by atoms with Crippen LogP contribution in [0.25, 0.3) is 0 Å². The maximum absolute atomic E-state index is 12.2. The van der Waals surface area contributed by atoms with Crippen LogP contribution >= 0.6 is 27.3 Å². The Labute approximate surface area is 160 Å². The van der Waals surface area contributed by atoms with Crippen molar-refractivity contribution in [1.29, 1.82) is 0 Å². The number of anilines is 1. The summed E-state index contributed by atoms with van der Waals surface area (Å²) in [5.74, 6) is -1.27. The third-order valence-electron chi connectivity index (χ3n) is 3.46. The van der Waals surface area contributed by atoms with Gasteiger partial charge in [-0.1, -0.05) is 48.3 Å². The van der Waals surface area contributed by atoms with Crippen molar-refractivity contribution in [3.05, 3.63) is 44.9 Å². The van der Waals surface area contributed by atoms with Crippen LogP contribution in [0.4, 0.5) is 5.13 Å². The number of benzene rings is 1. The fourth-order valence-corrected chi connectivity index (χ4v) is 5.10. The maximum Gasteiger partial charge on any atom is 0.241 e. The van der Waals surface area contributed by atoms with Crippen LogP contribution in [0, 0.1) is 0 Å². The largest absolute Gasteiger partial charge is 0.301 e. The summed E-state index contributed by atoms with van der Waals surface area (Å²) in [6.07, 6.45) is 2.69. The van der Waals surface area contributed by atoms with E-state index in [9.17, 15) is 13.2 Å². The van der Waals surface area contributed by atoms with Crippen LogP contribution in [0.2, 0.25) is 0 Å². The summed E-state index contributed by atoms with van der Waals surface area (Å²) in [5, 5.41) is 3.10. The van der Waals surface area contributed by atoms with Gasteiger partial charge in [0.15, 0.2) is 15.0 Å². The van der Waals surface area contributed by atoms with Crippen molar-refractivity contribution in [2.45, 2.75) is 38.9 Å². The fraction of sp³-hybridized carbons (Fsp3) is 0.412. The minimum absolute atomic E-state index is 0.168. The quantitative estimate of drug-likeness (QED) is 0.667. The molecule has 0 aliphatic heterocycles. The molecule has 2 aromatic rings. The van der Waals surface area contributed by atoms with Crippen LogP contribution in [0.1, 0.15) is 36.4 Å². The smallest absolute Gasteiger partial charge is 0.241 e.